The second kappa shape index (κ2) is 4.87. The van der Waals surface area contributed by atoms with Gasteiger partial charge in [-0.3, -0.25) is 9.48 Å². The number of aryl methyl sites for hydroxylation is 2. The van der Waals surface area contributed by atoms with Crippen molar-refractivity contribution in [3.8, 4) is 0 Å². The molecule has 2 atom stereocenters. The zero-order chi connectivity index (χ0) is 12.4. The quantitative estimate of drug-likeness (QED) is 0.794. The molecule has 0 aliphatic carbocycles. The summed E-state index contributed by atoms with van der Waals surface area (Å²) in [5, 5.41) is 10.6. The first-order valence-corrected chi connectivity index (χ1v) is 6.16. The highest BCUT2D eigenvalue weighted by Crippen LogP contribution is 2.09. The molecule has 1 aliphatic heterocycles. The van der Waals surface area contributed by atoms with Gasteiger partial charge >= 0.3 is 0 Å². The van der Waals surface area contributed by atoms with Gasteiger partial charge in [0.2, 0.25) is 0 Å². The molecule has 0 radical (unpaired) electrons. The van der Waals surface area contributed by atoms with E-state index in [2.05, 4.69) is 22.7 Å². The van der Waals surface area contributed by atoms with Gasteiger partial charge < -0.3 is 10.6 Å². The highest BCUT2D eigenvalue weighted by atomic mass is 16.2. The molecule has 1 aromatic heterocycles. The van der Waals surface area contributed by atoms with Gasteiger partial charge in [0.15, 0.2) is 0 Å². The SMILES string of the molecule is CCc1cc(C(=O)NC2CNCC2C)n(C)n1. The van der Waals surface area contributed by atoms with Crippen LogP contribution in [0.2, 0.25) is 0 Å². The molecule has 1 amide bonds. The van der Waals surface area contributed by atoms with Gasteiger partial charge in [-0.2, -0.15) is 5.10 Å². The maximum atomic E-state index is 12.1. The molecule has 0 bridgehead atoms. The molecule has 17 heavy (non-hydrogen) atoms. The lowest BCUT2D eigenvalue weighted by atomic mass is 10.1. The third kappa shape index (κ3) is 2.49. The molecule has 2 N–H and O–H groups in total. The maximum Gasteiger partial charge on any atom is 0.269 e. The average Bonchev–Trinajstić information content (AvgIpc) is 2.86. The molecular formula is C12H20N4O. The van der Waals surface area contributed by atoms with Gasteiger partial charge in [0.05, 0.1) is 5.69 Å². The van der Waals surface area contributed by atoms with E-state index in [-0.39, 0.29) is 11.9 Å². The Kier molecular flexibility index (Phi) is 3.47. The molecule has 2 unspecified atom stereocenters. The van der Waals surface area contributed by atoms with Crippen LogP contribution >= 0.6 is 0 Å². The van der Waals surface area contributed by atoms with E-state index in [4.69, 9.17) is 0 Å². The highest BCUT2D eigenvalue weighted by molar-refractivity contribution is 5.92. The van der Waals surface area contributed by atoms with Crippen LogP contribution < -0.4 is 10.6 Å². The lowest BCUT2D eigenvalue weighted by molar-refractivity contribution is 0.0923. The summed E-state index contributed by atoms with van der Waals surface area (Å²) in [5.41, 5.74) is 1.59. The second-order valence-corrected chi connectivity index (χ2v) is 4.71. The van der Waals surface area contributed by atoms with E-state index in [9.17, 15) is 4.79 Å². The summed E-state index contributed by atoms with van der Waals surface area (Å²) >= 11 is 0. The minimum absolute atomic E-state index is 0.0275. The zero-order valence-electron chi connectivity index (χ0n) is 10.7. The van der Waals surface area contributed by atoms with E-state index in [1.54, 1.807) is 4.68 Å². The Morgan fingerprint density at radius 2 is 2.41 bits per heavy atom. The zero-order valence-corrected chi connectivity index (χ0v) is 10.7. The first-order chi connectivity index (χ1) is 8.11. The van der Waals surface area contributed by atoms with Crippen molar-refractivity contribution in [2.24, 2.45) is 13.0 Å². The predicted octanol–water partition coefficient (Wildman–Crippen LogP) is 0.320. The monoisotopic (exact) mass is 236 g/mol. The van der Waals surface area contributed by atoms with E-state index in [0.717, 1.165) is 25.2 Å². The number of nitrogens with one attached hydrogen (secondary N) is 2. The third-order valence-electron chi connectivity index (χ3n) is 3.36. The minimum Gasteiger partial charge on any atom is -0.346 e. The molecule has 5 heteroatoms. The number of amides is 1. The van der Waals surface area contributed by atoms with E-state index in [0.29, 0.717) is 11.6 Å². The Labute approximate surface area is 102 Å². The summed E-state index contributed by atoms with van der Waals surface area (Å²) in [7, 11) is 1.81. The van der Waals surface area contributed by atoms with Gasteiger partial charge in [-0.05, 0) is 24.9 Å². The van der Waals surface area contributed by atoms with Crippen LogP contribution in [0.3, 0.4) is 0 Å². The topological polar surface area (TPSA) is 59.0 Å². The Balaban J connectivity index is 2.06. The largest absolute Gasteiger partial charge is 0.346 e. The van der Waals surface area contributed by atoms with Crippen LogP contribution in [0.25, 0.3) is 0 Å². The van der Waals surface area contributed by atoms with E-state index < -0.39 is 0 Å². The fraction of sp³-hybridized carbons (Fsp3) is 0.667. The molecule has 2 rings (SSSR count). The molecule has 0 saturated carbocycles. The van der Waals surface area contributed by atoms with Gasteiger partial charge in [0.1, 0.15) is 5.69 Å². The third-order valence-corrected chi connectivity index (χ3v) is 3.36. The summed E-state index contributed by atoms with van der Waals surface area (Å²) in [6.07, 6.45) is 0.850. The van der Waals surface area contributed by atoms with Crippen LogP contribution in [-0.2, 0) is 13.5 Å². The van der Waals surface area contributed by atoms with Crippen molar-refractivity contribution in [3.05, 3.63) is 17.5 Å². The number of hydrogen-bond donors (Lipinski definition) is 2. The van der Waals surface area contributed by atoms with Gasteiger partial charge in [-0.15, -0.1) is 0 Å². The molecule has 5 nitrogen and oxygen atoms in total. The van der Waals surface area contributed by atoms with Crippen molar-refractivity contribution in [1.82, 2.24) is 20.4 Å². The smallest absolute Gasteiger partial charge is 0.269 e. The molecule has 1 aliphatic rings. The summed E-state index contributed by atoms with van der Waals surface area (Å²) in [6, 6.07) is 2.09. The number of carbonyl (C=O) groups is 1. The Bertz CT molecular complexity index is 413. The lowest BCUT2D eigenvalue weighted by Crippen LogP contribution is -2.40. The fourth-order valence-corrected chi connectivity index (χ4v) is 2.16. The van der Waals surface area contributed by atoms with E-state index in [1.807, 2.05) is 20.0 Å². The normalized spacial score (nSPS) is 23.9. The van der Waals surface area contributed by atoms with Crippen molar-refractivity contribution in [1.29, 1.82) is 0 Å². The van der Waals surface area contributed by atoms with Crippen LogP contribution in [-0.4, -0.2) is 34.8 Å². The molecule has 0 spiro atoms. The van der Waals surface area contributed by atoms with Crippen molar-refractivity contribution in [2.75, 3.05) is 13.1 Å². The second-order valence-electron chi connectivity index (χ2n) is 4.71. The van der Waals surface area contributed by atoms with Crippen LogP contribution in [0, 0.1) is 5.92 Å². The first kappa shape index (κ1) is 12.1. The molecule has 2 heterocycles. The van der Waals surface area contributed by atoms with Crippen LogP contribution in [0.4, 0.5) is 0 Å². The Morgan fingerprint density at radius 3 is 2.94 bits per heavy atom. The Morgan fingerprint density at radius 1 is 1.65 bits per heavy atom. The Hall–Kier alpha value is -1.36. The van der Waals surface area contributed by atoms with Crippen molar-refractivity contribution in [2.45, 2.75) is 26.3 Å². The van der Waals surface area contributed by atoms with Crippen LogP contribution in [0.5, 0.6) is 0 Å². The maximum absolute atomic E-state index is 12.1. The summed E-state index contributed by atoms with van der Waals surface area (Å²) in [4.78, 5) is 12.1. The van der Waals surface area contributed by atoms with Crippen molar-refractivity contribution >= 4 is 5.91 Å². The molecule has 1 fully saturated rings. The minimum atomic E-state index is -0.0275. The van der Waals surface area contributed by atoms with Crippen molar-refractivity contribution < 1.29 is 4.79 Å². The molecule has 94 valence electrons. The number of rotatable bonds is 3. The van der Waals surface area contributed by atoms with Gasteiger partial charge in [-0.25, -0.2) is 0 Å². The first-order valence-electron chi connectivity index (χ1n) is 6.16. The van der Waals surface area contributed by atoms with Gasteiger partial charge in [0, 0.05) is 19.6 Å². The lowest BCUT2D eigenvalue weighted by Gasteiger charge is -2.15. The molecule has 1 saturated heterocycles. The number of nitrogens with zero attached hydrogens (tertiary/aromatic N) is 2. The average molecular weight is 236 g/mol. The summed E-state index contributed by atoms with van der Waals surface area (Å²) < 4.78 is 1.65. The highest BCUT2D eigenvalue weighted by Gasteiger charge is 2.25. The number of carbonyl (C=O) groups excluding carboxylic acids is 1. The fourth-order valence-electron chi connectivity index (χ4n) is 2.16. The molecular weight excluding hydrogens is 216 g/mol. The molecule has 0 aromatic carbocycles. The van der Waals surface area contributed by atoms with Crippen molar-refractivity contribution in [3.63, 3.8) is 0 Å². The van der Waals surface area contributed by atoms with Crippen LogP contribution in [0.15, 0.2) is 6.07 Å². The van der Waals surface area contributed by atoms with E-state index in [1.165, 1.54) is 0 Å². The predicted molar refractivity (Wildman–Crippen MR) is 65.9 cm³/mol. The number of hydrogen-bond acceptors (Lipinski definition) is 3. The van der Waals surface area contributed by atoms with Crippen LogP contribution in [0.1, 0.15) is 30.0 Å². The number of aromatic nitrogens is 2. The summed E-state index contributed by atoms with van der Waals surface area (Å²) in [6.45, 7) is 6.00. The standard InChI is InChI=1S/C12H20N4O/c1-4-9-5-11(16(3)15-9)12(17)14-10-7-13-6-8(10)2/h5,8,10,13H,4,6-7H2,1-3H3,(H,14,17). The van der Waals surface area contributed by atoms with Gasteiger partial charge in [0.25, 0.3) is 5.91 Å². The van der Waals surface area contributed by atoms with Gasteiger partial charge in [-0.1, -0.05) is 13.8 Å². The molecule has 1 aromatic rings. The summed E-state index contributed by atoms with van der Waals surface area (Å²) in [5.74, 6) is 0.457. The van der Waals surface area contributed by atoms with E-state index >= 15 is 0 Å².